The van der Waals surface area contributed by atoms with E-state index in [0.29, 0.717) is 55.2 Å². The number of rotatable bonds is 8. The lowest BCUT2D eigenvalue weighted by Gasteiger charge is -2.31. The molecule has 1 unspecified atom stereocenters. The fourth-order valence-corrected chi connectivity index (χ4v) is 9.48. The molecule has 0 bridgehead atoms. The van der Waals surface area contributed by atoms with Gasteiger partial charge in [-0.2, -0.15) is 4.31 Å². The number of thiophene rings is 1. The number of benzene rings is 1. The summed E-state index contributed by atoms with van der Waals surface area (Å²) in [6.45, 7) is 4.36. The number of thiazole rings is 1. The molecule has 13 heteroatoms. The minimum Gasteiger partial charge on any atom is -0.379 e. The number of fused-ring (bicyclic) bond motifs is 1. The molecular formula is C23H27ClN4O4S4. The first kappa shape index (κ1) is 26.4. The van der Waals surface area contributed by atoms with Crippen molar-refractivity contribution in [2.75, 3.05) is 57.1 Å². The van der Waals surface area contributed by atoms with E-state index in [4.69, 9.17) is 21.3 Å². The third kappa shape index (κ3) is 5.32. The van der Waals surface area contributed by atoms with E-state index >= 15 is 0 Å². The number of halogens is 1. The van der Waals surface area contributed by atoms with E-state index in [1.807, 2.05) is 24.5 Å². The molecule has 3 aromatic rings. The molecule has 2 aliphatic rings. The van der Waals surface area contributed by atoms with E-state index in [9.17, 15) is 13.2 Å². The molecule has 2 aromatic heterocycles. The molecule has 0 saturated carbocycles. The quantitative estimate of drug-likeness (QED) is 0.365. The first-order valence-electron chi connectivity index (χ1n) is 11.7. The van der Waals surface area contributed by atoms with Crippen molar-refractivity contribution in [2.24, 2.45) is 0 Å². The van der Waals surface area contributed by atoms with Gasteiger partial charge in [0.2, 0.25) is 5.91 Å². The average Bonchev–Trinajstić information content (AvgIpc) is 3.64. The van der Waals surface area contributed by atoms with Crippen LogP contribution < -0.4 is 4.90 Å². The maximum atomic E-state index is 14.1. The van der Waals surface area contributed by atoms with Gasteiger partial charge in [-0.05, 0) is 43.4 Å². The van der Waals surface area contributed by atoms with Gasteiger partial charge in [-0.1, -0.05) is 29.0 Å². The SMILES string of the molecule is CSc1cccc2sc(N(CCN3CCOCC3)C(=O)C3CCCN3S(=O)(=O)c3ccc(Cl)s3)nc12. The smallest absolute Gasteiger partial charge is 0.253 e. The Kier molecular flexibility index (Phi) is 8.23. The number of carbonyl (C=O) groups is 1. The van der Waals surface area contributed by atoms with E-state index in [-0.39, 0.29) is 10.1 Å². The van der Waals surface area contributed by atoms with Crippen LogP contribution in [0.5, 0.6) is 0 Å². The van der Waals surface area contributed by atoms with E-state index < -0.39 is 16.1 Å². The summed E-state index contributed by atoms with van der Waals surface area (Å²) >= 11 is 10.1. The molecule has 36 heavy (non-hydrogen) atoms. The zero-order valence-electron chi connectivity index (χ0n) is 19.8. The van der Waals surface area contributed by atoms with Crippen LogP contribution in [-0.4, -0.2) is 86.7 Å². The molecule has 0 spiro atoms. The summed E-state index contributed by atoms with van der Waals surface area (Å²) in [6.07, 6.45) is 3.11. The topological polar surface area (TPSA) is 83.0 Å². The number of sulfonamides is 1. The van der Waals surface area contributed by atoms with Crippen LogP contribution in [-0.2, 0) is 19.6 Å². The van der Waals surface area contributed by atoms with Crippen molar-refractivity contribution in [1.29, 1.82) is 0 Å². The number of hydrogen-bond acceptors (Lipinski definition) is 9. The van der Waals surface area contributed by atoms with Gasteiger partial charge < -0.3 is 4.74 Å². The molecule has 8 nitrogen and oxygen atoms in total. The second-order valence-electron chi connectivity index (χ2n) is 8.58. The number of morpholine rings is 1. The summed E-state index contributed by atoms with van der Waals surface area (Å²) in [5.74, 6) is -0.225. The van der Waals surface area contributed by atoms with Crippen LogP contribution in [0.15, 0.2) is 39.4 Å². The zero-order valence-corrected chi connectivity index (χ0v) is 23.8. The van der Waals surface area contributed by atoms with Crippen molar-refractivity contribution in [3.63, 3.8) is 0 Å². The van der Waals surface area contributed by atoms with E-state index in [2.05, 4.69) is 4.90 Å². The molecule has 1 atom stereocenters. The number of aromatic nitrogens is 1. The average molecular weight is 587 g/mol. The molecule has 0 radical (unpaired) electrons. The Bertz CT molecular complexity index is 1340. The minimum atomic E-state index is -3.83. The second kappa shape index (κ2) is 11.2. The van der Waals surface area contributed by atoms with Gasteiger partial charge in [0, 0.05) is 37.6 Å². The first-order valence-corrected chi connectivity index (χ1v) is 16.4. The molecule has 0 aliphatic carbocycles. The largest absolute Gasteiger partial charge is 0.379 e. The maximum Gasteiger partial charge on any atom is 0.253 e. The van der Waals surface area contributed by atoms with Crippen LogP contribution in [0.1, 0.15) is 12.8 Å². The standard InChI is InChI=1S/C23H27ClN4O4S4/c1-33-17-5-2-6-18-21(17)25-23(34-18)27(11-10-26-12-14-32-15-13-26)22(29)16-4-3-9-28(16)36(30,31)20-8-7-19(24)35-20/h2,5-8,16H,3-4,9-15H2,1H3. The molecule has 1 aromatic carbocycles. The number of para-hydroxylation sites is 1. The summed E-state index contributed by atoms with van der Waals surface area (Å²) in [5, 5.41) is 0.605. The highest BCUT2D eigenvalue weighted by atomic mass is 35.5. The Morgan fingerprint density at radius 2 is 2.03 bits per heavy atom. The molecule has 5 rings (SSSR count). The predicted molar refractivity (Wildman–Crippen MR) is 147 cm³/mol. The highest BCUT2D eigenvalue weighted by molar-refractivity contribution is 7.98. The number of thioether (sulfide) groups is 1. The van der Waals surface area contributed by atoms with Gasteiger partial charge in [-0.3, -0.25) is 14.6 Å². The third-order valence-electron chi connectivity index (χ3n) is 6.43. The summed E-state index contributed by atoms with van der Waals surface area (Å²) in [4.78, 5) is 23.9. The number of ether oxygens (including phenoxy) is 1. The number of carbonyl (C=O) groups excluding carboxylic acids is 1. The van der Waals surface area contributed by atoms with Crippen LogP contribution in [0.2, 0.25) is 4.34 Å². The zero-order chi connectivity index (χ0) is 25.3. The highest BCUT2D eigenvalue weighted by Gasteiger charge is 2.42. The first-order chi connectivity index (χ1) is 17.4. The molecule has 2 fully saturated rings. The van der Waals surface area contributed by atoms with Gasteiger partial charge in [0.1, 0.15) is 10.3 Å². The second-order valence-corrected chi connectivity index (χ2v) is 14.3. The predicted octanol–water partition coefficient (Wildman–Crippen LogP) is 4.25. The van der Waals surface area contributed by atoms with E-state index in [0.717, 1.165) is 39.5 Å². The molecule has 194 valence electrons. The number of hydrogen-bond donors (Lipinski definition) is 0. The third-order valence-corrected chi connectivity index (χ3v) is 11.9. The van der Waals surface area contributed by atoms with Crippen molar-refractivity contribution >= 4 is 77.3 Å². The fourth-order valence-electron chi connectivity index (χ4n) is 4.56. The Morgan fingerprint density at radius 1 is 1.22 bits per heavy atom. The minimum absolute atomic E-state index is 0.164. The molecule has 2 aliphatic heterocycles. The lowest BCUT2D eigenvalue weighted by atomic mass is 10.2. The molecular weight excluding hydrogens is 560 g/mol. The van der Waals surface area contributed by atoms with Crippen molar-refractivity contribution in [3.8, 4) is 0 Å². The molecule has 4 heterocycles. The van der Waals surface area contributed by atoms with Crippen LogP contribution >= 0.6 is 46.0 Å². The molecule has 0 N–H and O–H groups in total. The van der Waals surface area contributed by atoms with Crippen LogP contribution in [0.3, 0.4) is 0 Å². The number of nitrogens with zero attached hydrogens (tertiary/aromatic N) is 4. The Balaban J connectivity index is 1.46. The Hall–Kier alpha value is -1.25. The van der Waals surface area contributed by atoms with Crippen LogP contribution in [0, 0.1) is 0 Å². The fraction of sp³-hybridized carbons (Fsp3) is 0.478. The number of amides is 1. The normalized spacial score (nSPS) is 19.8. The maximum absolute atomic E-state index is 14.1. The summed E-state index contributed by atoms with van der Waals surface area (Å²) in [6, 6.07) is 8.34. The van der Waals surface area contributed by atoms with E-state index in [1.54, 1.807) is 22.7 Å². The monoisotopic (exact) mass is 586 g/mol. The van der Waals surface area contributed by atoms with Crippen molar-refractivity contribution in [3.05, 3.63) is 34.7 Å². The van der Waals surface area contributed by atoms with Crippen molar-refractivity contribution in [1.82, 2.24) is 14.2 Å². The van der Waals surface area contributed by atoms with Gasteiger partial charge in [-0.15, -0.1) is 23.1 Å². The van der Waals surface area contributed by atoms with Gasteiger partial charge in [0.05, 0.1) is 27.8 Å². The van der Waals surface area contributed by atoms with Gasteiger partial charge in [-0.25, -0.2) is 13.4 Å². The Labute approximate surface area is 228 Å². The lowest BCUT2D eigenvalue weighted by Crippen LogP contribution is -2.50. The molecule has 2 saturated heterocycles. The summed E-state index contributed by atoms with van der Waals surface area (Å²) < 4.78 is 35.2. The summed E-state index contributed by atoms with van der Waals surface area (Å²) in [5.41, 5.74) is 0.873. The summed E-state index contributed by atoms with van der Waals surface area (Å²) in [7, 11) is -3.83. The molecule has 1 amide bonds. The van der Waals surface area contributed by atoms with Gasteiger partial charge in [0.25, 0.3) is 10.0 Å². The van der Waals surface area contributed by atoms with E-state index in [1.165, 1.54) is 21.7 Å². The number of anilines is 1. The van der Waals surface area contributed by atoms with Crippen molar-refractivity contribution < 1.29 is 17.9 Å². The van der Waals surface area contributed by atoms with Crippen molar-refractivity contribution in [2.45, 2.75) is 28.0 Å². The highest BCUT2D eigenvalue weighted by Crippen LogP contribution is 2.37. The lowest BCUT2D eigenvalue weighted by molar-refractivity contribution is -0.121. The van der Waals surface area contributed by atoms with Crippen LogP contribution in [0.25, 0.3) is 10.2 Å². The van der Waals surface area contributed by atoms with Crippen LogP contribution in [0.4, 0.5) is 5.13 Å². The van der Waals surface area contributed by atoms with Gasteiger partial charge in [0.15, 0.2) is 5.13 Å². The van der Waals surface area contributed by atoms with Gasteiger partial charge >= 0.3 is 0 Å². The Morgan fingerprint density at radius 3 is 2.75 bits per heavy atom.